The number of hydrogen-bond donors (Lipinski definition) is 1. The van der Waals surface area contributed by atoms with Crippen LogP contribution in [-0.4, -0.2) is 12.6 Å². The molecule has 0 bridgehead atoms. The van der Waals surface area contributed by atoms with Crippen LogP contribution in [0.4, 0.5) is 0 Å². The van der Waals surface area contributed by atoms with Crippen molar-refractivity contribution in [3.05, 3.63) is 0 Å². The van der Waals surface area contributed by atoms with Crippen LogP contribution < -0.4 is 5.32 Å². The van der Waals surface area contributed by atoms with Crippen LogP contribution >= 0.6 is 0 Å². The van der Waals surface area contributed by atoms with Crippen LogP contribution in [0.5, 0.6) is 0 Å². The summed E-state index contributed by atoms with van der Waals surface area (Å²) in [5.74, 6) is 2.02. The fourth-order valence-corrected chi connectivity index (χ4v) is 1.66. The lowest BCUT2D eigenvalue weighted by molar-refractivity contribution is 0.455. The molecule has 2 saturated carbocycles. The zero-order chi connectivity index (χ0) is 7.68. The summed E-state index contributed by atoms with van der Waals surface area (Å²) in [6, 6.07) is 0.900. The van der Waals surface area contributed by atoms with Gasteiger partial charge in [-0.2, -0.15) is 0 Å². The lowest BCUT2D eigenvalue weighted by Gasteiger charge is -2.10. The third kappa shape index (κ3) is 2.82. The number of hydrogen-bond acceptors (Lipinski definition) is 1. The van der Waals surface area contributed by atoms with Gasteiger partial charge in [-0.15, -0.1) is 0 Å². The highest BCUT2D eigenvalue weighted by Gasteiger charge is 2.25. The molecule has 1 heteroatoms. The van der Waals surface area contributed by atoms with Gasteiger partial charge in [0.2, 0.25) is 0 Å². The Labute approximate surface area is 69.6 Å². The Morgan fingerprint density at radius 2 is 2.00 bits per heavy atom. The summed E-state index contributed by atoms with van der Waals surface area (Å²) < 4.78 is 0. The monoisotopic (exact) mass is 153 g/mol. The number of rotatable bonds is 5. The first-order valence-corrected chi connectivity index (χ1v) is 5.08. The summed E-state index contributed by atoms with van der Waals surface area (Å²) in [6.45, 7) is 3.65. The van der Waals surface area contributed by atoms with E-state index in [4.69, 9.17) is 0 Å². The van der Waals surface area contributed by atoms with E-state index in [1.165, 1.54) is 38.6 Å². The van der Waals surface area contributed by atoms with E-state index in [1.807, 2.05) is 0 Å². The maximum Gasteiger partial charge on any atom is 0.00683 e. The van der Waals surface area contributed by atoms with E-state index in [9.17, 15) is 0 Å². The molecule has 0 radical (unpaired) electrons. The molecule has 0 aromatic heterocycles. The minimum Gasteiger partial charge on any atom is -0.314 e. The minimum absolute atomic E-state index is 0.900. The second-order valence-electron chi connectivity index (χ2n) is 4.47. The van der Waals surface area contributed by atoms with E-state index in [-0.39, 0.29) is 0 Å². The van der Waals surface area contributed by atoms with Gasteiger partial charge in [-0.05, 0) is 37.6 Å². The highest BCUT2D eigenvalue weighted by molar-refractivity contribution is 4.82. The Bertz CT molecular complexity index is 125. The van der Waals surface area contributed by atoms with Crippen molar-refractivity contribution >= 4 is 0 Å². The molecular formula is C10H19N. The second-order valence-corrected chi connectivity index (χ2v) is 4.47. The van der Waals surface area contributed by atoms with Gasteiger partial charge in [0.1, 0.15) is 0 Å². The SMILES string of the molecule is CC(CNC1CC1)CC1CC1. The molecule has 2 fully saturated rings. The Morgan fingerprint density at radius 3 is 2.55 bits per heavy atom. The third-order valence-corrected chi connectivity index (χ3v) is 2.76. The van der Waals surface area contributed by atoms with Crippen LogP contribution in [0.2, 0.25) is 0 Å². The Kier molecular flexibility index (Phi) is 2.17. The van der Waals surface area contributed by atoms with Crippen molar-refractivity contribution in [1.29, 1.82) is 0 Å². The molecule has 2 aliphatic carbocycles. The summed E-state index contributed by atoms with van der Waals surface area (Å²) in [5, 5.41) is 3.59. The van der Waals surface area contributed by atoms with E-state index >= 15 is 0 Å². The van der Waals surface area contributed by atoms with E-state index in [0.717, 1.165) is 17.9 Å². The van der Waals surface area contributed by atoms with Crippen molar-refractivity contribution in [2.24, 2.45) is 11.8 Å². The van der Waals surface area contributed by atoms with Gasteiger partial charge >= 0.3 is 0 Å². The van der Waals surface area contributed by atoms with Crippen LogP contribution in [0.1, 0.15) is 39.0 Å². The molecule has 0 saturated heterocycles. The first kappa shape index (κ1) is 7.60. The third-order valence-electron chi connectivity index (χ3n) is 2.76. The largest absolute Gasteiger partial charge is 0.314 e. The maximum atomic E-state index is 3.59. The summed E-state index contributed by atoms with van der Waals surface area (Å²) in [7, 11) is 0. The van der Waals surface area contributed by atoms with Crippen molar-refractivity contribution in [3.8, 4) is 0 Å². The van der Waals surface area contributed by atoms with Crippen LogP contribution in [0.3, 0.4) is 0 Å². The zero-order valence-corrected chi connectivity index (χ0v) is 7.47. The highest BCUT2D eigenvalue weighted by Crippen LogP contribution is 2.35. The zero-order valence-electron chi connectivity index (χ0n) is 7.47. The molecule has 0 spiro atoms. The van der Waals surface area contributed by atoms with Gasteiger partial charge in [0.25, 0.3) is 0 Å². The van der Waals surface area contributed by atoms with Crippen molar-refractivity contribution < 1.29 is 0 Å². The molecule has 1 atom stereocenters. The van der Waals surface area contributed by atoms with Gasteiger partial charge in [0.15, 0.2) is 0 Å². The first-order chi connectivity index (χ1) is 5.34. The van der Waals surface area contributed by atoms with Crippen LogP contribution in [0.25, 0.3) is 0 Å². The van der Waals surface area contributed by atoms with Crippen molar-refractivity contribution in [2.75, 3.05) is 6.54 Å². The van der Waals surface area contributed by atoms with Crippen molar-refractivity contribution in [1.82, 2.24) is 5.32 Å². The van der Waals surface area contributed by atoms with Gasteiger partial charge < -0.3 is 5.32 Å². The van der Waals surface area contributed by atoms with E-state index in [2.05, 4.69) is 12.2 Å². The van der Waals surface area contributed by atoms with Gasteiger partial charge in [-0.25, -0.2) is 0 Å². The minimum atomic E-state index is 0.900. The fourth-order valence-electron chi connectivity index (χ4n) is 1.66. The van der Waals surface area contributed by atoms with E-state index in [1.54, 1.807) is 0 Å². The Balaban J connectivity index is 1.52. The maximum absolute atomic E-state index is 3.59. The molecule has 2 rings (SSSR count). The Hall–Kier alpha value is -0.0400. The van der Waals surface area contributed by atoms with Gasteiger partial charge in [0.05, 0.1) is 0 Å². The molecule has 0 heterocycles. The second kappa shape index (κ2) is 3.14. The molecule has 0 aromatic carbocycles. The summed E-state index contributed by atoms with van der Waals surface area (Å²) in [4.78, 5) is 0. The van der Waals surface area contributed by atoms with Crippen LogP contribution in [0, 0.1) is 11.8 Å². The summed E-state index contributed by atoms with van der Waals surface area (Å²) in [6.07, 6.45) is 7.34. The van der Waals surface area contributed by atoms with Crippen LogP contribution in [-0.2, 0) is 0 Å². The predicted octanol–water partition coefficient (Wildman–Crippen LogP) is 2.17. The molecule has 1 unspecified atom stereocenters. The highest BCUT2D eigenvalue weighted by atomic mass is 14.9. The predicted molar refractivity (Wildman–Crippen MR) is 47.5 cm³/mol. The molecule has 2 aliphatic rings. The summed E-state index contributed by atoms with van der Waals surface area (Å²) in [5.41, 5.74) is 0. The van der Waals surface area contributed by atoms with Gasteiger partial charge in [0, 0.05) is 6.04 Å². The van der Waals surface area contributed by atoms with E-state index < -0.39 is 0 Å². The summed E-state index contributed by atoms with van der Waals surface area (Å²) >= 11 is 0. The normalized spacial score (nSPS) is 27.0. The molecular weight excluding hydrogens is 134 g/mol. The standard InChI is InChI=1S/C10H19N/c1-8(6-9-2-3-9)7-11-10-4-5-10/h8-11H,2-7H2,1H3. The molecule has 0 amide bonds. The lowest BCUT2D eigenvalue weighted by Crippen LogP contribution is -2.23. The molecule has 11 heavy (non-hydrogen) atoms. The lowest BCUT2D eigenvalue weighted by atomic mass is 10.1. The van der Waals surface area contributed by atoms with E-state index in [0.29, 0.717) is 0 Å². The van der Waals surface area contributed by atoms with Crippen molar-refractivity contribution in [2.45, 2.75) is 45.1 Å². The molecule has 1 nitrogen and oxygen atoms in total. The molecule has 0 aromatic rings. The molecule has 0 aliphatic heterocycles. The average Bonchev–Trinajstić information content (AvgIpc) is 2.80. The smallest absolute Gasteiger partial charge is 0.00683 e. The average molecular weight is 153 g/mol. The van der Waals surface area contributed by atoms with Crippen LogP contribution in [0.15, 0.2) is 0 Å². The quantitative estimate of drug-likeness (QED) is 0.638. The van der Waals surface area contributed by atoms with Gasteiger partial charge in [-0.3, -0.25) is 0 Å². The molecule has 64 valence electrons. The molecule has 1 N–H and O–H groups in total. The van der Waals surface area contributed by atoms with Crippen molar-refractivity contribution in [3.63, 3.8) is 0 Å². The topological polar surface area (TPSA) is 12.0 Å². The first-order valence-electron chi connectivity index (χ1n) is 5.08. The van der Waals surface area contributed by atoms with Gasteiger partial charge in [-0.1, -0.05) is 19.8 Å². The number of nitrogens with one attached hydrogen (secondary N) is 1. The Morgan fingerprint density at radius 1 is 1.27 bits per heavy atom. The fraction of sp³-hybridized carbons (Fsp3) is 1.00.